The number of hydrogen-bond donors (Lipinski definition) is 0. The molecule has 3 nitrogen and oxygen atoms in total. The predicted octanol–water partition coefficient (Wildman–Crippen LogP) is 3.49. The van der Waals surface area contributed by atoms with Gasteiger partial charge in [0.2, 0.25) is 0 Å². The van der Waals surface area contributed by atoms with E-state index in [2.05, 4.69) is 51.5 Å². The fourth-order valence-corrected chi connectivity index (χ4v) is 2.26. The molecule has 4 heteroatoms. The van der Waals surface area contributed by atoms with Gasteiger partial charge in [-0.15, -0.1) is 10.2 Å². The number of hydrogen-bond acceptors (Lipinski definition) is 2. The smallest absolute Gasteiger partial charge is 0.143 e. The molecule has 1 aromatic rings. The Morgan fingerprint density at radius 1 is 1.27 bits per heavy atom. The first-order valence-electron chi connectivity index (χ1n) is 5.72. The van der Waals surface area contributed by atoms with Crippen LogP contribution in [0.2, 0.25) is 0 Å². The molecule has 1 rings (SSSR count). The van der Waals surface area contributed by atoms with Gasteiger partial charge in [-0.1, -0.05) is 43.1 Å². The van der Waals surface area contributed by atoms with E-state index in [0.29, 0.717) is 5.92 Å². The van der Waals surface area contributed by atoms with Crippen molar-refractivity contribution in [2.45, 2.75) is 57.8 Å². The van der Waals surface area contributed by atoms with Gasteiger partial charge in [0.15, 0.2) is 0 Å². The molecular weight excluding hydrogens is 254 g/mol. The Hall–Kier alpha value is -0.380. The Labute approximate surface area is 100 Å². The van der Waals surface area contributed by atoms with E-state index >= 15 is 0 Å². The first-order valence-corrected chi connectivity index (χ1v) is 6.84. The second kappa shape index (κ2) is 6.26. The van der Waals surface area contributed by atoms with Crippen LogP contribution in [0.3, 0.4) is 0 Å². The van der Waals surface area contributed by atoms with Crippen LogP contribution in [0.1, 0.15) is 57.6 Å². The van der Waals surface area contributed by atoms with Crippen LogP contribution in [-0.2, 0) is 11.9 Å². The van der Waals surface area contributed by atoms with Crippen LogP contribution >= 0.6 is 15.9 Å². The van der Waals surface area contributed by atoms with Crippen LogP contribution in [0.4, 0.5) is 0 Å². The molecule has 1 atom stereocenters. The minimum absolute atomic E-state index is 0.516. The standard InChI is InChI=1S/C11H20BrN3/c1-4-6-9(3)11-14-13-10(8-12)15(11)7-5-2/h9H,4-8H2,1-3H3. The molecular formula is C11H20BrN3. The predicted molar refractivity (Wildman–Crippen MR) is 66.3 cm³/mol. The van der Waals surface area contributed by atoms with E-state index < -0.39 is 0 Å². The van der Waals surface area contributed by atoms with Gasteiger partial charge in [-0.3, -0.25) is 0 Å². The van der Waals surface area contributed by atoms with Gasteiger partial charge in [0.05, 0.1) is 5.33 Å². The Bertz CT molecular complexity index is 296. The summed E-state index contributed by atoms with van der Waals surface area (Å²) in [5, 5.41) is 9.32. The molecule has 0 aliphatic rings. The quantitative estimate of drug-likeness (QED) is 0.743. The molecule has 1 unspecified atom stereocenters. The lowest BCUT2D eigenvalue weighted by atomic mass is 10.1. The third kappa shape index (κ3) is 3.03. The molecule has 0 aliphatic heterocycles. The van der Waals surface area contributed by atoms with E-state index in [4.69, 9.17) is 0 Å². The van der Waals surface area contributed by atoms with Crippen molar-refractivity contribution in [3.8, 4) is 0 Å². The molecule has 1 heterocycles. The summed E-state index contributed by atoms with van der Waals surface area (Å²) in [6, 6.07) is 0. The van der Waals surface area contributed by atoms with E-state index in [1.165, 1.54) is 12.8 Å². The second-order valence-corrected chi connectivity index (χ2v) is 4.51. The van der Waals surface area contributed by atoms with Crippen molar-refractivity contribution in [3.05, 3.63) is 11.6 Å². The number of alkyl halides is 1. The summed E-state index contributed by atoms with van der Waals surface area (Å²) >= 11 is 3.46. The molecule has 0 amide bonds. The second-order valence-electron chi connectivity index (χ2n) is 3.95. The monoisotopic (exact) mass is 273 g/mol. The molecule has 0 saturated heterocycles. The average molecular weight is 274 g/mol. The summed E-state index contributed by atoms with van der Waals surface area (Å²) in [6.45, 7) is 7.66. The van der Waals surface area contributed by atoms with Gasteiger partial charge in [-0.2, -0.15) is 0 Å². The summed E-state index contributed by atoms with van der Waals surface area (Å²) in [5.41, 5.74) is 0. The molecule has 15 heavy (non-hydrogen) atoms. The number of halogens is 1. The molecule has 0 bridgehead atoms. The highest BCUT2D eigenvalue weighted by Gasteiger charge is 2.15. The zero-order valence-corrected chi connectivity index (χ0v) is 11.4. The summed E-state index contributed by atoms with van der Waals surface area (Å²) in [5.74, 6) is 2.71. The van der Waals surface area contributed by atoms with Crippen molar-refractivity contribution in [3.63, 3.8) is 0 Å². The fraction of sp³-hybridized carbons (Fsp3) is 0.818. The first-order chi connectivity index (χ1) is 7.24. The summed E-state index contributed by atoms with van der Waals surface area (Å²) < 4.78 is 2.26. The molecule has 0 saturated carbocycles. The van der Waals surface area contributed by atoms with Crippen LogP contribution in [-0.4, -0.2) is 14.8 Å². The highest BCUT2D eigenvalue weighted by molar-refractivity contribution is 9.08. The summed E-state index contributed by atoms with van der Waals surface area (Å²) in [6.07, 6.45) is 3.51. The van der Waals surface area contributed by atoms with E-state index in [0.717, 1.165) is 29.9 Å². The molecule has 0 spiro atoms. The highest BCUT2D eigenvalue weighted by atomic mass is 79.9. The molecule has 0 aromatic carbocycles. The van der Waals surface area contributed by atoms with Crippen molar-refractivity contribution in [1.29, 1.82) is 0 Å². The SMILES string of the molecule is CCCC(C)c1nnc(CBr)n1CCC. The van der Waals surface area contributed by atoms with Gasteiger partial charge in [0.1, 0.15) is 11.6 Å². The van der Waals surface area contributed by atoms with Crippen molar-refractivity contribution in [2.24, 2.45) is 0 Å². The third-order valence-corrected chi connectivity index (χ3v) is 3.09. The topological polar surface area (TPSA) is 30.7 Å². The van der Waals surface area contributed by atoms with E-state index in [1.807, 2.05) is 0 Å². The minimum atomic E-state index is 0.516. The third-order valence-electron chi connectivity index (χ3n) is 2.59. The maximum Gasteiger partial charge on any atom is 0.143 e. The Kier molecular flexibility index (Phi) is 5.29. The number of aromatic nitrogens is 3. The first kappa shape index (κ1) is 12.7. The number of nitrogens with zero attached hydrogens (tertiary/aromatic N) is 3. The molecule has 1 aromatic heterocycles. The van der Waals surface area contributed by atoms with E-state index in [9.17, 15) is 0 Å². The van der Waals surface area contributed by atoms with Crippen LogP contribution in [0.5, 0.6) is 0 Å². The maximum atomic E-state index is 4.31. The maximum absolute atomic E-state index is 4.31. The molecule has 0 fully saturated rings. The Balaban J connectivity index is 2.90. The van der Waals surface area contributed by atoms with Crippen LogP contribution < -0.4 is 0 Å². The highest BCUT2D eigenvalue weighted by Crippen LogP contribution is 2.20. The van der Waals surface area contributed by atoms with Gasteiger partial charge in [-0.05, 0) is 12.8 Å². The van der Waals surface area contributed by atoms with E-state index in [-0.39, 0.29) is 0 Å². The largest absolute Gasteiger partial charge is 0.314 e. The van der Waals surface area contributed by atoms with Gasteiger partial charge >= 0.3 is 0 Å². The Morgan fingerprint density at radius 3 is 2.53 bits per heavy atom. The zero-order chi connectivity index (χ0) is 11.3. The lowest BCUT2D eigenvalue weighted by molar-refractivity contribution is 0.552. The Morgan fingerprint density at radius 2 is 2.00 bits per heavy atom. The number of rotatable bonds is 6. The summed E-state index contributed by atoms with van der Waals surface area (Å²) in [7, 11) is 0. The molecule has 0 aliphatic carbocycles. The molecule has 86 valence electrons. The molecule has 0 radical (unpaired) electrons. The minimum Gasteiger partial charge on any atom is -0.314 e. The zero-order valence-electron chi connectivity index (χ0n) is 9.83. The summed E-state index contributed by atoms with van der Waals surface area (Å²) in [4.78, 5) is 0. The average Bonchev–Trinajstić information content (AvgIpc) is 2.62. The van der Waals surface area contributed by atoms with Crippen molar-refractivity contribution >= 4 is 15.9 Å². The van der Waals surface area contributed by atoms with Crippen molar-refractivity contribution in [2.75, 3.05) is 0 Å². The van der Waals surface area contributed by atoms with Crippen molar-refractivity contribution in [1.82, 2.24) is 14.8 Å². The van der Waals surface area contributed by atoms with Crippen LogP contribution in [0.25, 0.3) is 0 Å². The fourth-order valence-electron chi connectivity index (χ4n) is 1.84. The van der Waals surface area contributed by atoms with Crippen molar-refractivity contribution < 1.29 is 0 Å². The lowest BCUT2D eigenvalue weighted by Crippen LogP contribution is -2.09. The van der Waals surface area contributed by atoms with Crippen LogP contribution in [0.15, 0.2) is 0 Å². The normalized spacial score (nSPS) is 13.1. The van der Waals surface area contributed by atoms with Crippen LogP contribution in [0, 0.1) is 0 Å². The van der Waals surface area contributed by atoms with Gasteiger partial charge < -0.3 is 4.57 Å². The van der Waals surface area contributed by atoms with Gasteiger partial charge in [-0.25, -0.2) is 0 Å². The van der Waals surface area contributed by atoms with Gasteiger partial charge in [0, 0.05) is 12.5 Å². The van der Waals surface area contributed by atoms with E-state index in [1.54, 1.807) is 0 Å². The molecule has 0 N–H and O–H groups in total. The van der Waals surface area contributed by atoms with Gasteiger partial charge in [0.25, 0.3) is 0 Å². The lowest BCUT2D eigenvalue weighted by Gasteiger charge is -2.12.